The Balaban J connectivity index is 1.92. The van der Waals surface area contributed by atoms with Crippen molar-refractivity contribution in [2.75, 3.05) is 19.7 Å². The molecule has 1 saturated heterocycles. The van der Waals surface area contributed by atoms with Gasteiger partial charge < -0.3 is 9.67 Å². The standard InChI is InChI=1S/C14H21N5O3/c1-16-12-11(13(21)17(2)14(16)22)19(9-15-12)7-6-18-5-3-4-10(18)8-20/h9-10,20H,3-8H2,1-2H3. The van der Waals surface area contributed by atoms with Crippen molar-refractivity contribution in [3.63, 3.8) is 0 Å². The van der Waals surface area contributed by atoms with Crippen LogP contribution in [0, 0.1) is 0 Å². The molecule has 2 aromatic heterocycles. The van der Waals surface area contributed by atoms with E-state index in [2.05, 4.69) is 9.88 Å². The maximum atomic E-state index is 12.3. The number of aryl methyl sites for hydroxylation is 1. The molecule has 0 aromatic carbocycles. The summed E-state index contributed by atoms with van der Waals surface area (Å²) in [4.78, 5) is 30.7. The van der Waals surface area contributed by atoms with Crippen LogP contribution in [0.3, 0.4) is 0 Å². The average molecular weight is 307 g/mol. The first kappa shape index (κ1) is 15.0. The molecule has 0 spiro atoms. The summed E-state index contributed by atoms with van der Waals surface area (Å²) >= 11 is 0. The van der Waals surface area contributed by atoms with Crippen LogP contribution in [0.4, 0.5) is 0 Å². The van der Waals surface area contributed by atoms with Gasteiger partial charge in [-0.3, -0.25) is 18.8 Å². The number of hydrogen-bond acceptors (Lipinski definition) is 5. The maximum Gasteiger partial charge on any atom is 0.332 e. The lowest BCUT2D eigenvalue weighted by Crippen LogP contribution is -2.38. The molecule has 3 heterocycles. The van der Waals surface area contributed by atoms with Crippen molar-refractivity contribution in [2.45, 2.75) is 25.4 Å². The van der Waals surface area contributed by atoms with Gasteiger partial charge in [0.2, 0.25) is 0 Å². The first-order valence-electron chi connectivity index (χ1n) is 7.50. The van der Waals surface area contributed by atoms with E-state index in [0.717, 1.165) is 30.5 Å². The predicted molar refractivity (Wildman–Crippen MR) is 81.9 cm³/mol. The number of imidazole rings is 1. The lowest BCUT2D eigenvalue weighted by atomic mass is 10.2. The summed E-state index contributed by atoms with van der Waals surface area (Å²) in [6.07, 6.45) is 3.71. The summed E-state index contributed by atoms with van der Waals surface area (Å²) in [5, 5.41) is 9.36. The third-order valence-electron chi connectivity index (χ3n) is 4.56. The summed E-state index contributed by atoms with van der Waals surface area (Å²) in [6, 6.07) is 0.210. The zero-order valence-corrected chi connectivity index (χ0v) is 12.9. The van der Waals surface area contributed by atoms with Crippen LogP contribution >= 0.6 is 0 Å². The highest BCUT2D eigenvalue weighted by molar-refractivity contribution is 5.69. The average Bonchev–Trinajstić information content (AvgIpc) is 3.14. The van der Waals surface area contributed by atoms with E-state index in [9.17, 15) is 14.7 Å². The molecule has 8 heteroatoms. The Morgan fingerprint density at radius 2 is 2.05 bits per heavy atom. The first-order valence-corrected chi connectivity index (χ1v) is 7.50. The Morgan fingerprint density at radius 1 is 1.27 bits per heavy atom. The van der Waals surface area contributed by atoms with Gasteiger partial charge in [0.1, 0.15) is 0 Å². The molecule has 0 saturated carbocycles. The van der Waals surface area contributed by atoms with Crippen LogP contribution in [0.25, 0.3) is 11.2 Å². The topological polar surface area (TPSA) is 85.3 Å². The van der Waals surface area contributed by atoms with Crippen molar-refractivity contribution in [1.29, 1.82) is 0 Å². The fourth-order valence-corrected chi connectivity index (χ4v) is 3.20. The van der Waals surface area contributed by atoms with E-state index in [1.165, 1.54) is 11.6 Å². The molecule has 120 valence electrons. The molecule has 1 unspecified atom stereocenters. The molecule has 0 aliphatic carbocycles. The molecule has 8 nitrogen and oxygen atoms in total. The largest absolute Gasteiger partial charge is 0.395 e. The van der Waals surface area contributed by atoms with E-state index in [1.807, 2.05) is 0 Å². The molecule has 1 atom stereocenters. The highest BCUT2D eigenvalue weighted by atomic mass is 16.3. The van der Waals surface area contributed by atoms with Crippen molar-refractivity contribution in [3.05, 3.63) is 27.2 Å². The Kier molecular flexibility index (Phi) is 3.88. The van der Waals surface area contributed by atoms with Crippen LogP contribution in [0.15, 0.2) is 15.9 Å². The van der Waals surface area contributed by atoms with Crippen molar-refractivity contribution >= 4 is 11.2 Å². The highest BCUT2D eigenvalue weighted by Gasteiger charge is 2.23. The summed E-state index contributed by atoms with van der Waals surface area (Å²) in [6.45, 7) is 2.50. The van der Waals surface area contributed by atoms with Crippen molar-refractivity contribution < 1.29 is 5.11 Å². The van der Waals surface area contributed by atoms with Crippen LogP contribution in [0.5, 0.6) is 0 Å². The SMILES string of the molecule is Cn1c(=O)c2c(ncn2CCN2CCCC2CO)n(C)c1=O. The van der Waals surface area contributed by atoms with Gasteiger partial charge in [-0.15, -0.1) is 0 Å². The van der Waals surface area contributed by atoms with Gasteiger partial charge in [0, 0.05) is 33.2 Å². The molecule has 0 radical (unpaired) electrons. The number of nitrogens with zero attached hydrogens (tertiary/aromatic N) is 5. The van der Waals surface area contributed by atoms with Crippen LogP contribution in [-0.2, 0) is 20.6 Å². The third kappa shape index (κ3) is 2.28. The zero-order valence-electron chi connectivity index (χ0n) is 12.9. The molecule has 2 aromatic rings. The molecular weight excluding hydrogens is 286 g/mol. The summed E-state index contributed by atoms with van der Waals surface area (Å²) in [5.41, 5.74) is 0.163. The van der Waals surface area contributed by atoms with E-state index in [4.69, 9.17) is 0 Å². The second kappa shape index (κ2) is 5.69. The zero-order chi connectivity index (χ0) is 15.9. The third-order valence-corrected chi connectivity index (χ3v) is 4.56. The van der Waals surface area contributed by atoms with Crippen LogP contribution in [0.1, 0.15) is 12.8 Å². The van der Waals surface area contributed by atoms with Gasteiger partial charge >= 0.3 is 5.69 Å². The van der Waals surface area contributed by atoms with Gasteiger partial charge in [0.25, 0.3) is 5.56 Å². The van der Waals surface area contributed by atoms with Crippen molar-refractivity contribution in [2.24, 2.45) is 14.1 Å². The molecular formula is C14H21N5O3. The smallest absolute Gasteiger partial charge is 0.332 e. The molecule has 1 fully saturated rings. The van der Waals surface area contributed by atoms with E-state index in [1.54, 1.807) is 17.9 Å². The molecule has 0 bridgehead atoms. The van der Waals surface area contributed by atoms with Crippen molar-refractivity contribution in [3.8, 4) is 0 Å². The Morgan fingerprint density at radius 3 is 2.77 bits per heavy atom. The minimum absolute atomic E-state index is 0.168. The summed E-state index contributed by atoms with van der Waals surface area (Å²) < 4.78 is 4.29. The van der Waals surface area contributed by atoms with Gasteiger partial charge in [0.05, 0.1) is 12.9 Å². The number of rotatable bonds is 4. The number of aliphatic hydroxyl groups is 1. The minimum atomic E-state index is -0.373. The van der Waals surface area contributed by atoms with Gasteiger partial charge in [-0.25, -0.2) is 9.78 Å². The highest BCUT2D eigenvalue weighted by Crippen LogP contribution is 2.16. The van der Waals surface area contributed by atoms with Crippen LogP contribution in [-0.4, -0.2) is 54.4 Å². The first-order chi connectivity index (χ1) is 10.5. The van der Waals surface area contributed by atoms with Crippen LogP contribution < -0.4 is 11.2 Å². The van der Waals surface area contributed by atoms with Gasteiger partial charge in [-0.05, 0) is 19.4 Å². The van der Waals surface area contributed by atoms with Gasteiger partial charge in [0.15, 0.2) is 11.2 Å². The molecule has 0 amide bonds. The number of aliphatic hydroxyl groups excluding tert-OH is 1. The lowest BCUT2D eigenvalue weighted by Gasteiger charge is -2.22. The fraction of sp³-hybridized carbons (Fsp3) is 0.643. The molecule has 1 N–H and O–H groups in total. The minimum Gasteiger partial charge on any atom is -0.395 e. The molecule has 22 heavy (non-hydrogen) atoms. The normalized spacial score (nSPS) is 19.3. The Hall–Kier alpha value is -1.93. The molecule has 1 aliphatic rings. The maximum absolute atomic E-state index is 12.3. The Labute approximate surface area is 127 Å². The Bertz CT molecular complexity index is 803. The van der Waals surface area contributed by atoms with E-state index >= 15 is 0 Å². The second-order valence-corrected chi connectivity index (χ2v) is 5.83. The van der Waals surface area contributed by atoms with Crippen LogP contribution in [0.2, 0.25) is 0 Å². The quantitative estimate of drug-likeness (QED) is 0.774. The van der Waals surface area contributed by atoms with E-state index in [-0.39, 0.29) is 23.9 Å². The summed E-state index contributed by atoms with van der Waals surface area (Å²) in [7, 11) is 3.09. The van der Waals surface area contributed by atoms with E-state index in [0.29, 0.717) is 17.7 Å². The number of aromatic nitrogens is 4. The van der Waals surface area contributed by atoms with Crippen molar-refractivity contribution in [1.82, 2.24) is 23.6 Å². The molecule has 3 rings (SSSR count). The number of fused-ring (bicyclic) bond motifs is 1. The fourth-order valence-electron chi connectivity index (χ4n) is 3.20. The van der Waals surface area contributed by atoms with Gasteiger partial charge in [-0.2, -0.15) is 0 Å². The number of hydrogen-bond donors (Lipinski definition) is 1. The molecule has 1 aliphatic heterocycles. The lowest BCUT2D eigenvalue weighted by molar-refractivity contribution is 0.155. The van der Waals surface area contributed by atoms with Gasteiger partial charge in [-0.1, -0.05) is 0 Å². The predicted octanol–water partition coefficient (Wildman–Crippen LogP) is -1.11. The second-order valence-electron chi connectivity index (χ2n) is 5.83. The number of likely N-dealkylation sites (tertiary alicyclic amines) is 1. The monoisotopic (exact) mass is 307 g/mol. The summed E-state index contributed by atoms with van der Waals surface area (Å²) in [5.74, 6) is 0. The van der Waals surface area contributed by atoms with E-state index < -0.39 is 0 Å².